The summed E-state index contributed by atoms with van der Waals surface area (Å²) in [7, 11) is 0. The minimum Gasteiger partial charge on any atom is -0.266 e. The Balaban J connectivity index is 2.80. The minimum absolute atomic E-state index is 0.261. The number of nitrogens with zero attached hydrogens (tertiary/aromatic N) is 1. The SMILES string of the molecule is O=C(N=C(Cl)Cl)c1cccs1. The van der Waals surface area contributed by atoms with E-state index in [9.17, 15) is 4.79 Å². The average molecular weight is 208 g/mol. The zero-order valence-corrected chi connectivity index (χ0v) is 7.58. The van der Waals surface area contributed by atoms with Gasteiger partial charge in [-0.1, -0.05) is 6.07 Å². The average Bonchev–Trinajstić information content (AvgIpc) is 2.35. The second-order valence-corrected chi connectivity index (χ2v) is 3.49. The maximum Gasteiger partial charge on any atom is 0.289 e. The molecule has 0 spiro atoms. The molecule has 58 valence electrons. The fourth-order valence-corrected chi connectivity index (χ4v) is 1.29. The summed E-state index contributed by atoms with van der Waals surface area (Å²) in [5.41, 5.74) is 0. The van der Waals surface area contributed by atoms with Crippen molar-refractivity contribution in [3.05, 3.63) is 22.4 Å². The second kappa shape index (κ2) is 3.85. The van der Waals surface area contributed by atoms with E-state index in [1.807, 2.05) is 0 Å². The molecule has 1 rings (SSSR count). The molecular weight excluding hydrogens is 205 g/mol. The summed E-state index contributed by atoms with van der Waals surface area (Å²) in [4.78, 5) is 14.8. The van der Waals surface area contributed by atoms with E-state index in [2.05, 4.69) is 4.99 Å². The van der Waals surface area contributed by atoms with E-state index in [1.165, 1.54) is 11.3 Å². The summed E-state index contributed by atoms with van der Waals surface area (Å²) in [6, 6.07) is 3.42. The van der Waals surface area contributed by atoms with Crippen molar-refractivity contribution in [1.29, 1.82) is 0 Å². The van der Waals surface area contributed by atoms with Crippen LogP contribution in [0.4, 0.5) is 0 Å². The molecule has 0 aliphatic carbocycles. The normalized spacial score (nSPS) is 9.27. The highest BCUT2D eigenvalue weighted by molar-refractivity contribution is 7.12. The summed E-state index contributed by atoms with van der Waals surface area (Å²) in [6.45, 7) is 0. The Hall–Kier alpha value is -0.380. The van der Waals surface area contributed by atoms with Gasteiger partial charge in [-0.05, 0) is 34.6 Å². The van der Waals surface area contributed by atoms with E-state index in [0.29, 0.717) is 4.88 Å². The number of thiophene rings is 1. The Labute approximate surface area is 77.5 Å². The lowest BCUT2D eigenvalue weighted by Crippen LogP contribution is -1.91. The molecule has 1 aromatic heterocycles. The van der Waals surface area contributed by atoms with Gasteiger partial charge in [-0.25, -0.2) is 0 Å². The molecule has 0 saturated heterocycles. The van der Waals surface area contributed by atoms with Gasteiger partial charge in [0.25, 0.3) is 5.91 Å². The van der Waals surface area contributed by atoms with Crippen LogP contribution in [0.2, 0.25) is 0 Å². The van der Waals surface area contributed by atoms with Gasteiger partial charge >= 0.3 is 0 Å². The fourth-order valence-electron chi connectivity index (χ4n) is 0.532. The molecule has 0 N–H and O–H groups in total. The van der Waals surface area contributed by atoms with Gasteiger partial charge in [-0.3, -0.25) is 4.79 Å². The van der Waals surface area contributed by atoms with Crippen LogP contribution in [0.15, 0.2) is 22.5 Å². The van der Waals surface area contributed by atoms with Crippen molar-refractivity contribution in [2.45, 2.75) is 0 Å². The third-order valence-corrected chi connectivity index (χ3v) is 1.94. The molecule has 1 aromatic rings. The smallest absolute Gasteiger partial charge is 0.266 e. The Morgan fingerprint density at radius 3 is 2.73 bits per heavy atom. The van der Waals surface area contributed by atoms with Gasteiger partial charge in [0.15, 0.2) is 4.63 Å². The topological polar surface area (TPSA) is 29.4 Å². The molecule has 0 unspecified atom stereocenters. The summed E-state index contributed by atoms with van der Waals surface area (Å²) in [5, 5.41) is 1.78. The summed E-state index contributed by atoms with van der Waals surface area (Å²) >= 11 is 11.7. The summed E-state index contributed by atoms with van der Waals surface area (Å²) in [5.74, 6) is -0.403. The highest BCUT2D eigenvalue weighted by Crippen LogP contribution is 2.10. The Morgan fingerprint density at radius 2 is 2.27 bits per heavy atom. The van der Waals surface area contributed by atoms with Crippen LogP contribution in [0.5, 0.6) is 0 Å². The maximum absolute atomic E-state index is 11.0. The number of halogens is 2. The second-order valence-electron chi connectivity index (χ2n) is 1.63. The zero-order valence-electron chi connectivity index (χ0n) is 5.25. The van der Waals surface area contributed by atoms with Crippen LogP contribution in [0, 0.1) is 0 Å². The quantitative estimate of drug-likeness (QED) is 0.652. The van der Waals surface area contributed by atoms with Crippen molar-refractivity contribution in [2.75, 3.05) is 0 Å². The molecular formula is C6H3Cl2NOS. The van der Waals surface area contributed by atoms with Crippen LogP contribution >= 0.6 is 34.5 Å². The van der Waals surface area contributed by atoms with Crippen molar-refractivity contribution in [1.82, 2.24) is 0 Å². The van der Waals surface area contributed by atoms with Gasteiger partial charge in [-0.15, -0.1) is 11.3 Å². The molecule has 0 saturated carbocycles. The number of rotatable bonds is 1. The number of amides is 1. The van der Waals surface area contributed by atoms with Crippen molar-refractivity contribution in [2.24, 2.45) is 4.99 Å². The maximum atomic E-state index is 11.0. The first-order chi connectivity index (χ1) is 5.20. The molecule has 0 aromatic carbocycles. The molecule has 0 aliphatic rings. The lowest BCUT2D eigenvalue weighted by Gasteiger charge is -1.85. The predicted molar refractivity (Wildman–Crippen MR) is 47.8 cm³/mol. The highest BCUT2D eigenvalue weighted by atomic mass is 35.5. The Bertz CT molecular complexity index is 277. The number of hydrogen-bond acceptors (Lipinski definition) is 2. The number of aliphatic imine (C=N–C) groups is 1. The molecule has 0 aliphatic heterocycles. The molecule has 0 fully saturated rings. The molecule has 5 heteroatoms. The van der Waals surface area contributed by atoms with Gasteiger partial charge in [-0.2, -0.15) is 4.99 Å². The molecule has 11 heavy (non-hydrogen) atoms. The van der Waals surface area contributed by atoms with E-state index in [1.54, 1.807) is 17.5 Å². The third-order valence-electron chi connectivity index (χ3n) is 0.918. The third kappa shape index (κ3) is 2.61. The van der Waals surface area contributed by atoms with Crippen LogP contribution in [0.1, 0.15) is 9.67 Å². The van der Waals surface area contributed by atoms with Crippen molar-refractivity contribution in [3.63, 3.8) is 0 Å². The van der Waals surface area contributed by atoms with Gasteiger partial charge in [0.1, 0.15) is 0 Å². The number of carbonyl (C=O) groups excluding carboxylic acids is 1. The van der Waals surface area contributed by atoms with Crippen LogP contribution in [-0.2, 0) is 0 Å². The molecule has 0 bridgehead atoms. The van der Waals surface area contributed by atoms with E-state index in [0.717, 1.165) is 0 Å². The van der Waals surface area contributed by atoms with Gasteiger partial charge in [0.05, 0.1) is 4.88 Å². The largest absolute Gasteiger partial charge is 0.289 e. The standard InChI is InChI=1S/C6H3Cl2NOS/c7-6(8)9-5(10)4-2-1-3-11-4/h1-3H. The van der Waals surface area contributed by atoms with Gasteiger partial charge in [0.2, 0.25) is 0 Å². The van der Waals surface area contributed by atoms with E-state index < -0.39 is 5.91 Å². The van der Waals surface area contributed by atoms with E-state index in [-0.39, 0.29) is 4.63 Å². The van der Waals surface area contributed by atoms with Gasteiger partial charge < -0.3 is 0 Å². The van der Waals surface area contributed by atoms with Crippen molar-refractivity contribution in [3.8, 4) is 0 Å². The number of hydrogen-bond donors (Lipinski definition) is 0. The van der Waals surface area contributed by atoms with Crippen LogP contribution in [-0.4, -0.2) is 10.5 Å². The molecule has 1 heterocycles. The first kappa shape index (κ1) is 8.71. The minimum atomic E-state index is -0.403. The monoisotopic (exact) mass is 207 g/mol. The van der Waals surface area contributed by atoms with Crippen molar-refractivity contribution < 1.29 is 4.79 Å². The lowest BCUT2D eigenvalue weighted by atomic mass is 10.5. The first-order valence-electron chi connectivity index (χ1n) is 2.67. The summed E-state index contributed by atoms with van der Waals surface area (Å²) < 4.78 is -0.261. The predicted octanol–water partition coefficient (Wildman–Crippen LogP) is 2.72. The molecule has 2 nitrogen and oxygen atoms in total. The summed E-state index contributed by atoms with van der Waals surface area (Å²) in [6.07, 6.45) is 0. The van der Waals surface area contributed by atoms with Crippen LogP contribution in [0.25, 0.3) is 0 Å². The first-order valence-corrected chi connectivity index (χ1v) is 4.31. The van der Waals surface area contributed by atoms with Crippen LogP contribution < -0.4 is 0 Å². The van der Waals surface area contributed by atoms with E-state index in [4.69, 9.17) is 23.2 Å². The van der Waals surface area contributed by atoms with Crippen LogP contribution in [0.3, 0.4) is 0 Å². The molecule has 1 amide bonds. The van der Waals surface area contributed by atoms with Crippen molar-refractivity contribution >= 4 is 45.1 Å². The van der Waals surface area contributed by atoms with E-state index >= 15 is 0 Å². The molecule has 0 radical (unpaired) electrons. The Morgan fingerprint density at radius 1 is 1.55 bits per heavy atom. The molecule has 0 atom stereocenters. The fraction of sp³-hybridized carbons (Fsp3) is 0. The number of carbonyl (C=O) groups is 1. The zero-order chi connectivity index (χ0) is 8.27. The highest BCUT2D eigenvalue weighted by Gasteiger charge is 2.04. The van der Waals surface area contributed by atoms with Gasteiger partial charge in [0, 0.05) is 0 Å². The lowest BCUT2D eigenvalue weighted by molar-refractivity contribution is 0.101. The Kier molecular flexibility index (Phi) is 3.05.